The van der Waals surface area contributed by atoms with Gasteiger partial charge in [0, 0.05) is 17.1 Å². The van der Waals surface area contributed by atoms with Crippen molar-refractivity contribution in [3.8, 4) is 5.75 Å². The van der Waals surface area contributed by atoms with E-state index in [1.165, 1.54) is 11.0 Å². The average molecular weight is 296 g/mol. The third kappa shape index (κ3) is 3.39. The molecule has 7 nitrogen and oxygen atoms in total. The number of benzene rings is 1. The molecule has 0 aliphatic carbocycles. The maximum absolute atomic E-state index is 11.8. The summed E-state index contributed by atoms with van der Waals surface area (Å²) >= 11 is 6.08. The van der Waals surface area contributed by atoms with Crippen LogP contribution in [0, 0.1) is 0 Å². The molecule has 1 aromatic heterocycles. The van der Waals surface area contributed by atoms with Crippen molar-refractivity contribution in [2.24, 2.45) is 0 Å². The van der Waals surface area contributed by atoms with Crippen LogP contribution >= 0.6 is 11.6 Å². The van der Waals surface area contributed by atoms with Gasteiger partial charge in [-0.1, -0.05) is 17.7 Å². The Morgan fingerprint density at radius 2 is 2.35 bits per heavy atom. The number of anilines is 1. The Hall–Kier alpha value is -2.28. The molecule has 0 fully saturated rings. The van der Waals surface area contributed by atoms with Gasteiger partial charge in [-0.25, -0.2) is 9.67 Å². The molecule has 106 valence electrons. The van der Waals surface area contributed by atoms with E-state index >= 15 is 0 Å². The van der Waals surface area contributed by atoms with Gasteiger partial charge in [0.2, 0.25) is 11.9 Å². The van der Waals surface area contributed by atoms with Crippen LogP contribution in [-0.4, -0.2) is 27.8 Å². The summed E-state index contributed by atoms with van der Waals surface area (Å²) in [6.45, 7) is 0.308. The first-order valence-electron chi connectivity index (χ1n) is 5.83. The molecule has 2 aromatic rings. The summed E-state index contributed by atoms with van der Waals surface area (Å²) < 4.78 is 6.56. The number of nitrogen functional groups attached to an aromatic ring is 1. The molecule has 0 saturated heterocycles. The first-order chi connectivity index (χ1) is 9.60. The molecule has 0 bridgehead atoms. The minimum atomic E-state index is -0.225. The van der Waals surface area contributed by atoms with E-state index in [-0.39, 0.29) is 24.9 Å². The number of aromatic nitrogens is 3. The van der Waals surface area contributed by atoms with Crippen LogP contribution in [0.2, 0.25) is 5.02 Å². The van der Waals surface area contributed by atoms with Crippen LogP contribution in [0.1, 0.15) is 5.56 Å². The molecule has 0 saturated carbocycles. The Morgan fingerprint density at radius 1 is 1.55 bits per heavy atom. The number of carbonyl (C=O) groups is 1. The van der Waals surface area contributed by atoms with Crippen LogP contribution in [0.5, 0.6) is 5.75 Å². The van der Waals surface area contributed by atoms with Crippen LogP contribution in [0.25, 0.3) is 0 Å². The predicted molar refractivity (Wildman–Crippen MR) is 74.3 cm³/mol. The lowest BCUT2D eigenvalue weighted by molar-refractivity contribution is -0.122. The third-order valence-electron chi connectivity index (χ3n) is 2.62. The summed E-state index contributed by atoms with van der Waals surface area (Å²) in [6, 6.07) is 5.31. The molecule has 8 heteroatoms. The maximum Gasteiger partial charge on any atom is 0.242 e. The first-order valence-corrected chi connectivity index (χ1v) is 6.21. The predicted octanol–water partition coefficient (Wildman–Crippen LogP) is 0.839. The number of nitrogens with zero attached hydrogens (tertiary/aromatic N) is 3. The molecule has 0 radical (unpaired) electrons. The number of amides is 1. The fourth-order valence-corrected chi connectivity index (χ4v) is 1.91. The summed E-state index contributed by atoms with van der Waals surface area (Å²) in [5, 5.41) is 7.10. The lowest BCUT2D eigenvalue weighted by atomic mass is 10.2. The molecule has 20 heavy (non-hydrogen) atoms. The normalized spacial score (nSPS) is 10.3. The van der Waals surface area contributed by atoms with E-state index in [4.69, 9.17) is 22.1 Å². The molecule has 0 aliphatic rings. The number of nitrogens with two attached hydrogens (primary N) is 1. The minimum absolute atomic E-state index is 0.0387. The van der Waals surface area contributed by atoms with E-state index in [9.17, 15) is 4.79 Å². The van der Waals surface area contributed by atoms with Crippen molar-refractivity contribution in [3.63, 3.8) is 0 Å². The molecule has 0 aliphatic heterocycles. The van der Waals surface area contributed by atoms with Gasteiger partial charge in [-0.3, -0.25) is 4.79 Å². The number of carbonyl (C=O) groups excluding carboxylic acids is 1. The quantitative estimate of drug-likeness (QED) is 0.852. The van der Waals surface area contributed by atoms with Gasteiger partial charge in [-0.2, -0.15) is 0 Å². The number of hydrogen-bond donors (Lipinski definition) is 2. The van der Waals surface area contributed by atoms with Crippen molar-refractivity contribution in [3.05, 3.63) is 35.1 Å². The number of ether oxygens (including phenoxy) is 1. The Labute approximate surface area is 120 Å². The van der Waals surface area contributed by atoms with Gasteiger partial charge in [0.15, 0.2) is 0 Å². The molecule has 0 unspecified atom stereocenters. The average Bonchev–Trinajstić information content (AvgIpc) is 2.82. The van der Waals surface area contributed by atoms with Gasteiger partial charge in [0.25, 0.3) is 0 Å². The van der Waals surface area contributed by atoms with Gasteiger partial charge < -0.3 is 15.8 Å². The smallest absolute Gasteiger partial charge is 0.242 e. The molecule has 1 aromatic carbocycles. The summed E-state index contributed by atoms with van der Waals surface area (Å²) in [7, 11) is 1.55. The van der Waals surface area contributed by atoms with E-state index in [1.807, 2.05) is 0 Å². The van der Waals surface area contributed by atoms with Gasteiger partial charge in [0.1, 0.15) is 18.6 Å². The molecule has 0 atom stereocenters. The summed E-state index contributed by atoms with van der Waals surface area (Å²) in [6.07, 6.45) is 1.39. The molecular formula is C12H14ClN5O2. The zero-order chi connectivity index (χ0) is 14.5. The van der Waals surface area contributed by atoms with Crippen molar-refractivity contribution in [2.75, 3.05) is 12.8 Å². The summed E-state index contributed by atoms with van der Waals surface area (Å²) in [5.74, 6) is 0.533. The fraction of sp³-hybridized carbons (Fsp3) is 0.250. The van der Waals surface area contributed by atoms with E-state index in [0.717, 1.165) is 5.56 Å². The van der Waals surface area contributed by atoms with E-state index in [1.54, 1.807) is 25.3 Å². The summed E-state index contributed by atoms with van der Waals surface area (Å²) in [4.78, 5) is 15.5. The molecule has 3 N–H and O–H groups in total. The first kappa shape index (κ1) is 14.1. The Balaban J connectivity index is 1.97. The van der Waals surface area contributed by atoms with Gasteiger partial charge >= 0.3 is 0 Å². The van der Waals surface area contributed by atoms with E-state index in [2.05, 4.69) is 15.4 Å². The van der Waals surface area contributed by atoms with Crippen molar-refractivity contribution in [1.82, 2.24) is 20.1 Å². The zero-order valence-corrected chi connectivity index (χ0v) is 11.6. The van der Waals surface area contributed by atoms with Crippen molar-refractivity contribution < 1.29 is 9.53 Å². The second kappa shape index (κ2) is 6.25. The maximum atomic E-state index is 11.8. The SMILES string of the molecule is COc1cccc(Cl)c1CNC(=O)Cn1cnc(N)n1. The number of hydrogen-bond acceptors (Lipinski definition) is 5. The van der Waals surface area contributed by atoms with Gasteiger partial charge in [-0.05, 0) is 12.1 Å². The summed E-state index contributed by atoms with van der Waals surface area (Å²) in [5.41, 5.74) is 6.09. The highest BCUT2D eigenvalue weighted by molar-refractivity contribution is 6.31. The largest absolute Gasteiger partial charge is 0.496 e. The Morgan fingerprint density at radius 3 is 3.00 bits per heavy atom. The third-order valence-corrected chi connectivity index (χ3v) is 2.97. The Bertz CT molecular complexity index is 614. The zero-order valence-electron chi connectivity index (χ0n) is 10.8. The van der Waals surface area contributed by atoms with Crippen LogP contribution < -0.4 is 15.8 Å². The van der Waals surface area contributed by atoms with Crippen LogP contribution in [0.15, 0.2) is 24.5 Å². The number of nitrogens with one attached hydrogen (secondary N) is 1. The van der Waals surface area contributed by atoms with Crippen molar-refractivity contribution in [2.45, 2.75) is 13.1 Å². The molecule has 0 spiro atoms. The highest BCUT2D eigenvalue weighted by Gasteiger charge is 2.10. The van der Waals surface area contributed by atoms with Gasteiger partial charge in [0.05, 0.1) is 7.11 Å². The fourth-order valence-electron chi connectivity index (χ4n) is 1.68. The van der Waals surface area contributed by atoms with Crippen LogP contribution in [0.3, 0.4) is 0 Å². The van der Waals surface area contributed by atoms with E-state index < -0.39 is 0 Å². The van der Waals surface area contributed by atoms with E-state index in [0.29, 0.717) is 10.8 Å². The minimum Gasteiger partial charge on any atom is -0.496 e. The molecule has 1 amide bonds. The Kier molecular flexibility index (Phi) is 4.41. The highest BCUT2D eigenvalue weighted by Crippen LogP contribution is 2.25. The number of rotatable bonds is 5. The monoisotopic (exact) mass is 295 g/mol. The van der Waals surface area contributed by atoms with Crippen LogP contribution in [0.4, 0.5) is 5.95 Å². The lowest BCUT2D eigenvalue weighted by Gasteiger charge is -2.11. The molecular weight excluding hydrogens is 282 g/mol. The van der Waals surface area contributed by atoms with Crippen molar-refractivity contribution >= 4 is 23.5 Å². The number of methoxy groups -OCH3 is 1. The topological polar surface area (TPSA) is 95.1 Å². The number of halogens is 1. The molecule has 2 rings (SSSR count). The lowest BCUT2D eigenvalue weighted by Crippen LogP contribution is -2.27. The molecule has 1 heterocycles. The highest BCUT2D eigenvalue weighted by atomic mass is 35.5. The van der Waals surface area contributed by atoms with Crippen molar-refractivity contribution in [1.29, 1.82) is 0 Å². The second-order valence-corrected chi connectivity index (χ2v) is 4.40. The van der Waals surface area contributed by atoms with Gasteiger partial charge in [-0.15, -0.1) is 5.10 Å². The second-order valence-electron chi connectivity index (χ2n) is 4.00. The standard InChI is InChI=1S/C12H14ClN5O2/c1-20-10-4-2-3-9(13)8(10)5-15-11(19)6-18-7-16-12(14)17-18/h2-4,7H,5-6H2,1H3,(H2,14,17)(H,15,19). The van der Waals surface area contributed by atoms with Crippen LogP contribution in [-0.2, 0) is 17.9 Å².